The van der Waals surface area contributed by atoms with Gasteiger partial charge >= 0.3 is 0 Å². The lowest BCUT2D eigenvalue weighted by Crippen LogP contribution is -1.70. The first-order valence-corrected chi connectivity index (χ1v) is 4.11. The van der Waals surface area contributed by atoms with E-state index in [9.17, 15) is 4.79 Å². The van der Waals surface area contributed by atoms with Crippen molar-refractivity contribution < 1.29 is 4.79 Å². The largest absolute Gasteiger partial charge is 0.303 e. The van der Waals surface area contributed by atoms with E-state index in [0.717, 1.165) is 25.5 Å². The van der Waals surface area contributed by atoms with Crippen LogP contribution in [0.3, 0.4) is 0 Å². The topological polar surface area (TPSA) is 17.1 Å². The fourth-order valence-corrected chi connectivity index (χ4v) is 0.759. The molecular weight excluding hydrogens is 136 g/mol. The molecule has 0 saturated carbocycles. The van der Waals surface area contributed by atoms with E-state index in [1.165, 1.54) is 0 Å². The molecule has 0 bridgehead atoms. The van der Waals surface area contributed by atoms with E-state index < -0.39 is 0 Å². The number of carbonyl (C=O) groups excluding carboxylic acids is 1. The molecule has 0 atom stereocenters. The van der Waals surface area contributed by atoms with Crippen molar-refractivity contribution in [3.8, 4) is 0 Å². The van der Waals surface area contributed by atoms with Gasteiger partial charge in [0.15, 0.2) is 0 Å². The van der Waals surface area contributed by atoms with Crippen LogP contribution >= 0.6 is 0 Å². The van der Waals surface area contributed by atoms with Gasteiger partial charge in [-0.1, -0.05) is 24.3 Å². The molecule has 1 heteroatoms. The fourth-order valence-electron chi connectivity index (χ4n) is 0.759. The first kappa shape index (κ1) is 10.2. The third kappa shape index (κ3) is 9.15. The monoisotopic (exact) mass is 152 g/mol. The molecule has 0 aromatic heterocycles. The van der Waals surface area contributed by atoms with Crippen LogP contribution in [0.2, 0.25) is 0 Å². The molecule has 62 valence electrons. The summed E-state index contributed by atoms with van der Waals surface area (Å²) in [6.07, 6.45) is 13.1. The molecule has 0 saturated heterocycles. The number of hydrogen-bond donors (Lipinski definition) is 0. The number of allylic oxidation sites excluding steroid dienone is 4. The second-order valence-electron chi connectivity index (χ2n) is 2.36. The Morgan fingerprint density at radius 1 is 0.909 bits per heavy atom. The van der Waals surface area contributed by atoms with E-state index in [1.807, 2.05) is 6.92 Å². The van der Waals surface area contributed by atoms with Crippen LogP contribution in [0.15, 0.2) is 24.3 Å². The van der Waals surface area contributed by atoms with E-state index in [-0.39, 0.29) is 0 Å². The number of aldehydes is 1. The van der Waals surface area contributed by atoms with Gasteiger partial charge in [0, 0.05) is 6.42 Å². The first-order valence-electron chi connectivity index (χ1n) is 4.11. The van der Waals surface area contributed by atoms with Crippen molar-refractivity contribution >= 4 is 6.29 Å². The molecule has 0 aliphatic heterocycles. The van der Waals surface area contributed by atoms with Crippen molar-refractivity contribution in [1.29, 1.82) is 0 Å². The summed E-state index contributed by atoms with van der Waals surface area (Å²) in [5.41, 5.74) is 0. The van der Waals surface area contributed by atoms with Gasteiger partial charge in [0.1, 0.15) is 6.29 Å². The molecule has 0 aromatic carbocycles. The van der Waals surface area contributed by atoms with Crippen LogP contribution in [-0.2, 0) is 4.79 Å². The highest BCUT2D eigenvalue weighted by atomic mass is 16.1. The second kappa shape index (κ2) is 9.15. The van der Waals surface area contributed by atoms with Crippen molar-refractivity contribution in [2.24, 2.45) is 0 Å². The molecule has 0 N–H and O–H groups in total. The third-order valence-corrected chi connectivity index (χ3v) is 1.35. The van der Waals surface area contributed by atoms with Crippen molar-refractivity contribution in [2.75, 3.05) is 0 Å². The molecule has 1 nitrogen and oxygen atoms in total. The summed E-state index contributed by atoms with van der Waals surface area (Å²) in [7, 11) is 0. The van der Waals surface area contributed by atoms with E-state index in [0.29, 0.717) is 6.42 Å². The van der Waals surface area contributed by atoms with Crippen LogP contribution in [0.4, 0.5) is 0 Å². The van der Waals surface area contributed by atoms with Gasteiger partial charge in [-0.25, -0.2) is 0 Å². The predicted octanol–water partition coefficient (Wildman–Crippen LogP) is 2.88. The summed E-state index contributed by atoms with van der Waals surface area (Å²) in [5, 5.41) is 0. The summed E-state index contributed by atoms with van der Waals surface area (Å²) in [5.74, 6) is 0. The lowest BCUT2D eigenvalue weighted by molar-refractivity contribution is -0.107. The van der Waals surface area contributed by atoms with Gasteiger partial charge in [-0.2, -0.15) is 0 Å². The van der Waals surface area contributed by atoms with Gasteiger partial charge in [0.2, 0.25) is 0 Å². The summed E-state index contributed by atoms with van der Waals surface area (Å²) in [4.78, 5) is 9.89. The number of rotatable bonds is 6. The SMILES string of the molecule is C/C=C\CC/C=C\CCC=O. The standard InChI is InChI=1S/C10H16O/c1-2-3-4-5-6-7-8-9-10-11/h2-3,6-7,10H,4-5,8-9H2,1H3/b3-2-,7-6-. The van der Waals surface area contributed by atoms with Crippen LogP contribution in [0.25, 0.3) is 0 Å². The number of hydrogen-bond acceptors (Lipinski definition) is 1. The smallest absolute Gasteiger partial charge is 0.120 e. The molecule has 0 unspecified atom stereocenters. The molecule has 0 amide bonds. The molecule has 0 aliphatic carbocycles. The van der Waals surface area contributed by atoms with Gasteiger partial charge in [0.25, 0.3) is 0 Å². The Hall–Kier alpha value is -0.850. The Kier molecular flexibility index (Phi) is 8.44. The molecule has 0 radical (unpaired) electrons. The molecule has 0 aliphatic rings. The molecule has 0 fully saturated rings. The normalized spacial score (nSPS) is 11.4. The Morgan fingerprint density at radius 3 is 2.00 bits per heavy atom. The van der Waals surface area contributed by atoms with Crippen LogP contribution in [-0.4, -0.2) is 6.29 Å². The lowest BCUT2D eigenvalue weighted by Gasteiger charge is -1.85. The van der Waals surface area contributed by atoms with E-state index in [2.05, 4.69) is 24.3 Å². The van der Waals surface area contributed by atoms with Crippen molar-refractivity contribution in [3.05, 3.63) is 24.3 Å². The maximum atomic E-state index is 9.89. The average Bonchev–Trinajstić information content (AvgIpc) is 2.03. The zero-order valence-corrected chi connectivity index (χ0v) is 7.12. The molecular formula is C10H16O. The summed E-state index contributed by atoms with van der Waals surface area (Å²) < 4.78 is 0. The quantitative estimate of drug-likeness (QED) is 0.325. The van der Waals surface area contributed by atoms with Gasteiger partial charge < -0.3 is 4.79 Å². The summed E-state index contributed by atoms with van der Waals surface area (Å²) in [6.45, 7) is 2.02. The Bertz CT molecular complexity index is 134. The number of carbonyl (C=O) groups is 1. The van der Waals surface area contributed by atoms with Gasteiger partial charge in [-0.15, -0.1) is 0 Å². The molecule has 11 heavy (non-hydrogen) atoms. The minimum Gasteiger partial charge on any atom is -0.303 e. The van der Waals surface area contributed by atoms with Gasteiger partial charge in [0.05, 0.1) is 0 Å². The highest BCUT2D eigenvalue weighted by molar-refractivity contribution is 5.49. The summed E-state index contributed by atoms with van der Waals surface area (Å²) >= 11 is 0. The summed E-state index contributed by atoms with van der Waals surface area (Å²) in [6, 6.07) is 0. The second-order valence-corrected chi connectivity index (χ2v) is 2.36. The Morgan fingerprint density at radius 2 is 1.45 bits per heavy atom. The van der Waals surface area contributed by atoms with Crippen molar-refractivity contribution in [1.82, 2.24) is 0 Å². The minimum atomic E-state index is 0.653. The molecule has 0 heterocycles. The van der Waals surface area contributed by atoms with Crippen LogP contribution in [0.5, 0.6) is 0 Å². The highest BCUT2D eigenvalue weighted by Gasteiger charge is 1.77. The molecule has 0 rings (SSSR count). The fraction of sp³-hybridized carbons (Fsp3) is 0.500. The van der Waals surface area contributed by atoms with E-state index in [1.54, 1.807) is 0 Å². The highest BCUT2D eigenvalue weighted by Crippen LogP contribution is 1.95. The maximum absolute atomic E-state index is 9.89. The first-order chi connectivity index (χ1) is 5.41. The zero-order chi connectivity index (χ0) is 8.36. The van der Waals surface area contributed by atoms with Crippen LogP contribution in [0, 0.1) is 0 Å². The van der Waals surface area contributed by atoms with Crippen LogP contribution < -0.4 is 0 Å². The third-order valence-electron chi connectivity index (χ3n) is 1.35. The zero-order valence-electron chi connectivity index (χ0n) is 7.12. The molecule has 0 aromatic rings. The van der Waals surface area contributed by atoms with E-state index in [4.69, 9.17) is 0 Å². The predicted molar refractivity (Wildman–Crippen MR) is 48.5 cm³/mol. The Balaban J connectivity index is 3.09. The van der Waals surface area contributed by atoms with Crippen molar-refractivity contribution in [3.63, 3.8) is 0 Å². The van der Waals surface area contributed by atoms with E-state index >= 15 is 0 Å². The molecule has 0 spiro atoms. The minimum absolute atomic E-state index is 0.653. The van der Waals surface area contributed by atoms with Crippen LogP contribution in [0.1, 0.15) is 32.6 Å². The Labute approximate surface area is 68.8 Å². The van der Waals surface area contributed by atoms with Gasteiger partial charge in [-0.3, -0.25) is 0 Å². The van der Waals surface area contributed by atoms with Gasteiger partial charge in [-0.05, 0) is 26.2 Å². The number of unbranched alkanes of at least 4 members (excludes halogenated alkanes) is 2. The maximum Gasteiger partial charge on any atom is 0.120 e. The lowest BCUT2D eigenvalue weighted by atomic mass is 10.2. The van der Waals surface area contributed by atoms with Crippen molar-refractivity contribution in [2.45, 2.75) is 32.6 Å². The average molecular weight is 152 g/mol.